The summed E-state index contributed by atoms with van der Waals surface area (Å²) < 4.78 is 26.5. The summed E-state index contributed by atoms with van der Waals surface area (Å²) >= 11 is -1.25. The number of hydrogen-bond donors (Lipinski definition) is 1. The van der Waals surface area contributed by atoms with Gasteiger partial charge in [-0.1, -0.05) is 12.1 Å². The van der Waals surface area contributed by atoms with Crippen LogP contribution in [-0.2, 0) is 20.7 Å². The van der Waals surface area contributed by atoms with Gasteiger partial charge in [0.05, 0.1) is 34.7 Å². The zero-order valence-electron chi connectivity index (χ0n) is 15.0. The maximum atomic E-state index is 12.6. The average Bonchev–Trinajstić information content (AvgIpc) is 2.95. The number of benzene rings is 1. The number of β-amino-alcohol motifs (C(OH)–C–C–N with tert-alkyl or cyclic N) is 1. The summed E-state index contributed by atoms with van der Waals surface area (Å²) in [6.07, 6.45) is 0.644. The molecule has 1 aromatic carbocycles. The third kappa shape index (κ3) is 3.38. The van der Waals surface area contributed by atoms with E-state index in [9.17, 15) is 9.66 Å². The molecule has 1 N–H and O–H groups in total. The lowest BCUT2D eigenvalue weighted by atomic mass is 9.79. The molecule has 2 saturated heterocycles. The Morgan fingerprint density at radius 3 is 2.08 bits per heavy atom. The molecule has 0 radical (unpaired) electrons. The van der Waals surface area contributed by atoms with Crippen LogP contribution in [0, 0.1) is 0 Å². The van der Waals surface area contributed by atoms with Gasteiger partial charge in [0.1, 0.15) is 0 Å². The third-order valence-corrected chi connectivity index (χ3v) is 6.71. The van der Waals surface area contributed by atoms with E-state index >= 15 is 0 Å². The molecule has 24 heavy (non-hydrogen) atoms. The number of rotatable bonds is 3. The first-order valence-electron chi connectivity index (χ1n) is 8.36. The summed E-state index contributed by atoms with van der Waals surface area (Å²) in [6, 6.07) is 7.51. The van der Waals surface area contributed by atoms with E-state index in [-0.39, 0.29) is 11.2 Å². The van der Waals surface area contributed by atoms with Crippen LogP contribution >= 0.6 is 0 Å². The Bertz CT molecular complexity index is 589. The highest BCUT2D eigenvalue weighted by molar-refractivity contribution is 7.89. The highest BCUT2D eigenvalue weighted by Gasteiger charge is 2.51. The molecular weight excluding hydrogens is 325 g/mol. The molecule has 0 saturated carbocycles. The van der Waals surface area contributed by atoms with Gasteiger partial charge in [0, 0.05) is 6.54 Å². The van der Waals surface area contributed by atoms with Crippen molar-refractivity contribution in [3.05, 3.63) is 24.3 Å². The monoisotopic (exact) mass is 351 g/mol. The van der Waals surface area contributed by atoms with Crippen molar-refractivity contribution in [3.63, 3.8) is 0 Å². The largest absolute Gasteiger partial charge is 0.593 e. The standard InChI is InChI=1S/C17H26BNO4S/c1-15(2)16(3,4)23-18(22-15)13-6-8-14(9-7-13)24(21)19-11-10-17(5,20)12-19/h6-9,20H,10-12H2,1-5H3. The minimum absolute atomic E-state index is 0.375. The summed E-state index contributed by atoms with van der Waals surface area (Å²) in [6.45, 7) is 10.9. The predicted molar refractivity (Wildman–Crippen MR) is 95.4 cm³/mol. The van der Waals surface area contributed by atoms with Crippen LogP contribution in [0.4, 0.5) is 0 Å². The van der Waals surface area contributed by atoms with E-state index < -0.39 is 24.1 Å². The molecule has 2 atom stereocenters. The van der Waals surface area contributed by atoms with Crippen LogP contribution < -0.4 is 5.46 Å². The molecular formula is C17H26BNO4S. The molecule has 0 amide bonds. The molecule has 7 heteroatoms. The molecule has 132 valence electrons. The molecule has 2 aliphatic rings. The van der Waals surface area contributed by atoms with E-state index in [1.165, 1.54) is 0 Å². The van der Waals surface area contributed by atoms with E-state index in [4.69, 9.17) is 9.31 Å². The quantitative estimate of drug-likeness (QED) is 0.660. The average molecular weight is 351 g/mol. The molecule has 2 fully saturated rings. The van der Waals surface area contributed by atoms with Crippen molar-refractivity contribution in [1.29, 1.82) is 0 Å². The van der Waals surface area contributed by atoms with Gasteiger partial charge in [0.15, 0.2) is 4.90 Å². The van der Waals surface area contributed by atoms with Crippen molar-refractivity contribution in [3.8, 4) is 0 Å². The first kappa shape index (κ1) is 18.2. The van der Waals surface area contributed by atoms with Gasteiger partial charge in [0.25, 0.3) is 0 Å². The Hall–Kier alpha value is -0.565. The van der Waals surface area contributed by atoms with Crippen LogP contribution in [0.15, 0.2) is 29.2 Å². The molecule has 2 unspecified atom stereocenters. The Labute approximate surface area is 147 Å². The van der Waals surface area contributed by atoms with Crippen molar-refractivity contribution in [2.24, 2.45) is 0 Å². The first-order valence-corrected chi connectivity index (χ1v) is 9.46. The van der Waals surface area contributed by atoms with Gasteiger partial charge in [-0.05, 0) is 58.6 Å². The minimum Gasteiger partial charge on any atom is -0.593 e. The highest BCUT2D eigenvalue weighted by atomic mass is 32.2. The minimum atomic E-state index is -1.25. The Balaban J connectivity index is 1.70. The Morgan fingerprint density at radius 2 is 1.62 bits per heavy atom. The van der Waals surface area contributed by atoms with Gasteiger partial charge in [-0.25, -0.2) is 0 Å². The maximum absolute atomic E-state index is 12.6. The fraction of sp³-hybridized carbons (Fsp3) is 0.647. The molecule has 3 rings (SSSR count). The molecule has 5 nitrogen and oxygen atoms in total. The molecule has 0 aromatic heterocycles. The SMILES string of the molecule is CC1(O)CCN([S+]([O-])c2ccc(B3OC(C)(C)C(C)(C)O3)cc2)C1. The van der Waals surface area contributed by atoms with E-state index in [1.54, 1.807) is 6.92 Å². The zero-order valence-corrected chi connectivity index (χ0v) is 15.9. The molecule has 1 aromatic rings. The molecule has 0 aliphatic carbocycles. The summed E-state index contributed by atoms with van der Waals surface area (Å²) in [5, 5.41) is 10.0. The van der Waals surface area contributed by atoms with Crippen LogP contribution in [0.1, 0.15) is 41.0 Å². The second-order valence-corrected chi connectivity index (χ2v) is 9.50. The summed E-state index contributed by atoms with van der Waals surface area (Å²) in [4.78, 5) is 0.730. The number of aliphatic hydroxyl groups is 1. The van der Waals surface area contributed by atoms with Gasteiger partial charge in [-0.2, -0.15) is 0 Å². The molecule has 2 heterocycles. The second kappa shape index (κ2) is 6.00. The van der Waals surface area contributed by atoms with Crippen LogP contribution in [0.25, 0.3) is 0 Å². The number of hydrogen-bond acceptors (Lipinski definition) is 5. The molecule has 2 aliphatic heterocycles. The van der Waals surface area contributed by atoms with Crippen LogP contribution in [-0.4, -0.2) is 51.0 Å². The lowest BCUT2D eigenvalue weighted by molar-refractivity contribution is 0.00578. The normalized spacial score (nSPS) is 30.7. The van der Waals surface area contributed by atoms with Gasteiger partial charge in [0.2, 0.25) is 0 Å². The van der Waals surface area contributed by atoms with E-state index in [1.807, 2.05) is 56.3 Å². The van der Waals surface area contributed by atoms with E-state index in [0.29, 0.717) is 19.5 Å². The lowest BCUT2D eigenvalue weighted by Gasteiger charge is -2.32. The van der Waals surface area contributed by atoms with Gasteiger partial charge < -0.3 is 19.0 Å². The fourth-order valence-corrected chi connectivity index (χ4v) is 4.23. The third-order valence-electron chi connectivity index (χ3n) is 5.26. The maximum Gasteiger partial charge on any atom is 0.494 e. The predicted octanol–water partition coefficient (Wildman–Crippen LogP) is 1.47. The first-order chi connectivity index (χ1) is 11.0. The Kier molecular flexibility index (Phi) is 4.56. The van der Waals surface area contributed by atoms with Gasteiger partial charge in [-0.15, -0.1) is 4.31 Å². The fourth-order valence-electron chi connectivity index (χ4n) is 2.91. The van der Waals surface area contributed by atoms with Crippen LogP contribution in [0.3, 0.4) is 0 Å². The van der Waals surface area contributed by atoms with Crippen molar-refractivity contribution in [1.82, 2.24) is 4.31 Å². The van der Waals surface area contributed by atoms with Gasteiger partial charge in [-0.3, -0.25) is 0 Å². The summed E-state index contributed by atoms with van der Waals surface area (Å²) in [5.41, 5.74) is -0.582. The molecule has 0 bridgehead atoms. The number of nitrogens with zero attached hydrogens (tertiary/aromatic N) is 1. The summed E-state index contributed by atoms with van der Waals surface area (Å²) in [7, 11) is -0.412. The Morgan fingerprint density at radius 1 is 1.08 bits per heavy atom. The highest BCUT2D eigenvalue weighted by Crippen LogP contribution is 2.36. The topological polar surface area (TPSA) is 65.0 Å². The smallest absolute Gasteiger partial charge is 0.494 e. The van der Waals surface area contributed by atoms with E-state index in [2.05, 4.69) is 0 Å². The lowest BCUT2D eigenvalue weighted by Crippen LogP contribution is -2.41. The van der Waals surface area contributed by atoms with Crippen molar-refractivity contribution in [2.75, 3.05) is 13.1 Å². The second-order valence-electron chi connectivity index (χ2n) is 8.02. The van der Waals surface area contributed by atoms with Crippen LogP contribution in [0.2, 0.25) is 0 Å². The summed E-state index contributed by atoms with van der Waals surface area (Å²) in [5.74, 6) is 0. The van der Waals surface area contributed by atoms with Crippen molar-refractivity contribution < 1.29 is 19.0 Å². The van der Waals surface area contributed by atoms with Crippen molar-refractivity contribution in [2.45, 2.75) is 62.7 Å². The van der Waals surface area contributed by atoms with Gasteiger partial charge >= 0.3 is 7.12 Å². The van der Waals surface area contributed by atoms with Crippen LogP contribution in [0.5, 0.6) is 0 Å². The van der Waals surface area contributed by atoms with E-state index in [0.717, 1.165) is 10.4 Å². The zero-order chi connectivity index (χ0) is 17.8. The van der Waals surface area contributed by atoms with Crippen molar-refractivity contribution >= 4 is 23.9 Å². The molecule has 0 spiro atoms.